The topological polar surface area (TPSA) is 97.6 Å². The molecule has 6 nitrogen and oxygen atoms in total. The molecule has 3 N–H and O–H groups in total. The predicted molar refractivity (Wildman–Crippen MR) is 121 cm³/mol. The molecule has 1 amide bonds. The molecule has 5 aromatic rings. The summed E-state index contributed by atoms with van der Waals surface area (Å²) in [6, 6.07) is 21.1. The summed E-state index contributed by atoms with van der Waals surface area (Å²) in [5.74, 6) is -0.770. The Morgan fingerprint density at radius 2 is 1.38 bits per heavy atom. The van der Waals surface area contributed by atoms with E-state index in [9.17, 15) is 9.18 Å². The van der Waals surface area contributed by atoms with Gasteiger partial charge in [0, 0.05) is 33.0 Å². The zero-order chi connectivity index (χ0) is 22.2. The van der Waals surface area contributed by atoms with E-state index in [2.05, 4.69) is 20.4 Å². The van der Waals surface area contributed by atoms with E-state index in [0.29, 0.717) is 17.0 Å². The minimum absolute atomic E-state index is 0.293. The van der Waals surface area contributed by atoms with Crippen LogP contribution in [-0.4, -0.2) is 26.3 Å². The van der Waals surface area contributed by atoms with E-state index in [4.69, 9.17) is 5.73 Å². The van der Waals surface area contributed by atoms with Crippen molar-refractivity contribution in [1.29, 1.82) is 0 Å². The van der Waals surface area contributed by atoms with Crippen LogP contribution in [0.2, 0.25) is 0 Å². The first-order chi connectivity index (χ1) is 15.5. The second kappa shape index (κ2) is 7.70. The van der Waals surface area contributed by atoms with Gasteiger partial charge in [0.1, 0.15) is 17.2 Å². The van der Waals surface area contributed by atoms with Gasteiger partial charge in [0.2, 0.25) is 5.91 Å². The Bertz CT molecular complexity index is 1460. The van der Waals surface area contributed by atoms with E-state index in [1.807, 2.05) is 43.3 Å². The average Bonchev–Trinajstić information content (AvgIpc) is 3.20. The molecule has 0 fully saturated rings. The Kier molecular flexibility index (Phi) is 4.71. The number of carbonyl (C=O) groups excluding carboxylic acids is 1. The third kappa shape index (κ3) is 3.30. The van der Waals surface area contributed by atoms with Crippen LogP contribution in [0.3, 0.4) is 0 Å². The maximum atomic E-state index is 13.3. The van der Waals surface area contributed by atoms with Crippen molar-refractivity contribution in [2.75, 3.05) is 0 Å². The highest BCUT2D eigenvalue weighted by Gasteiger charge is 2.18. The van der Waals surface area contributed by atoms with Gasteiger partial charge in [-0.05, 0) is 43.3 Å². The highest BCUT2D eigenvalue weighted by atomic mass is 19.1. The first-order valence-corrected chi connectivity index (χ1v) is 10.00. The number of nitrogens with two attached hydrogens (primary N) is 1. The molecule has 0 saturated heterocycles. The smallest absolute Gasteiger partial charge is 0.248 e. The van der Waals surface area contributed by atoms with Gasteiger partial charge in [0.05, 0.1) is 11.4 Å². The summed E-state index contributed by atoms with van der Waals surface area (Å²) < 4.78 is 13.3. The van der Waals surface area contributed by atoms with Gasteiger partial charge in [-0.2, -0.15) is 5.10 Å². The molecule has 0 spiro atoms. The van der Waals surface area contributed by atoms with Gasteiger partial charge in [-0.25, -0.2) is 4.39 Å². The average molecular weight is 423 g/mol. The fraction of sp³-hybridized carbons (Fsp3) is 0.0400. The van der Waals surface area contributed by atoms with Gasteiger partial charge in [0.25, 0.3) is 0 Å². The minimum atomic E-state index is -0.477. The lowest BCUT2D eigenvalue weighted by Crippen LogP contribution is -2.10. The van der Waals surface area contributed by atoms with Crippen molar-refractivity contribution in [3.05, 3.63) is 89.7 Å². The number of fused-ring (bicyclic) bond motifs is 1. The molecule has 0 aliphatic rings. The molecule has 0 bridgehead atoms. The fourth-order valence-corrected chi connectivity index (χ4v) is 3.81. The second-order valence-corrected chi connectivity index (χ2v) is 7.46. The van der Waals surface area contributed by atoms with Crippen molar-refractivity contribution in [1.82, 2.24) is 20.4 Å². The first-order valence-electron chi connectivity index (χ1n) is 10.00. The standard InChI is InChI=1S/C25H18FN5O/c1-14-21(15-10-12-18(26)13-11-15)28-29-22(14)24-20-5-3-2-4-19(20)23(30-31-24)16-6-8-17(9-7-16)25(27)32/h2-13H,1H3,(H2,27,32)(H,28,29). The Morgan fingerprint density at radius 1 is 0.812 bits per heavy atom. The lowest BCUT2D eigenvalue weighted by molar-refractivity contribution is 0.100. The van der Waals surface area contributed by atoms with Crippen molar-refractivity contribution in [3.63, 3.8) is 0 Å². The summed E-state index contributed by atoms with van der Waals surface area (Å²) in [7, 11) is 0. The van der Waals surface area contributed by atoms with Crippen LogP contribution >= 0.6 is 0 Å². The second-order valence-electron chi connectivity index (χ2n) is 7.46. The van der Waals surface area contributed by atoms with Crippen molar-refractivity contribution in [2.45, 2.75) is 6.92 Å². The van der Waals surface area contributed by atoms with Gasteiger partial charge in [0.15, 0.2) is 0 Å². The molecule has 32 heavy (non-hydrogen) atoms. The largest absolute Gasteiger partial charge is 0.366 e. The molecule has 0 atom stereocenters. The van der Waals surface area contributed by atoms with Gasteiger partial charge in [-0.1, -0.05) is 36.4 Å². The zero-order valence-electron chi connectivity index (χ0n) is 17.1. The molecule has 5 rings (SSSR count). The SMILES string of the molecule is Cc1c(-c2ccc(F)cc2)n[nH]c1-c1nnc(-c2ccc(C(N)=O)cc2)c2ccccc12. The number of hydrogen-bond acceptors (Lipinski definition) is 4. The molecule has 3 aromatic carbocycles. The molecule has 0 aliphatic carbocycles. The highest BCUT2D eigenvalue weighted by Crippen LogP contribution is 2.35. The van der Waals surface area contributed by atoms with Crippen LogP contribution in [0.5, 0.6) is 0 Å². The van der Waals surface area contributed by atoms with Crippen LogP contribution < -0.4 is 5.73 Å². The number of halogens is 1. The minimum Gasteiger partial charge on any atom is -0.366 e. The number of hydrogen-bond donors (Lipinski definition) is 2. The Hall–Kier alpha value is -4.39. The van der Waals surface area contributed by atoms with Gasteiger partial charge < -0.3 is 5.73 Å². The van der Waals surface area contributed by atoms with E-state index in [-0.39, 0.29) is 5.82 Å². The number of amides is 1. The van der Waals surface area contributed by atoms with E-state index in [0.717, 1.165) is 38.9 Å². The number of aromatic amines is 1. The van der Waals surface area contributed by atoms with E-state index < -0.39 is 5.91 Å². The fourth-order valence-electron chi connectivity index (χ4n) is 3.81. The summed E-state index contributed by atoms with van der Waals surface area (Å²) >= 11 is 0. The number of aromatic nitrogens is 4. The number of nitrogens with one attached hydrogen (secondary N) is 1. The molecule has 2 aromatic heterocycles. The number of rotatable bonds is 4. The Morgan fingerprint density at radius 3 is 2.03 bits per heavy atom. The van der Waals surface area contributed by atoms with Crippen molar-refractivity contribution >= 4 is 16.7 Å². The van der Waals surface area contributed by atoms with Crippen LogP contribution in [0.15, 0.2) is 72.8 Å². The van der Waals surface area contributed by atoms with Crippen molar-refractivity contribution in [3.8, 4) is 33.9 Å². The molecule has 7 heteroatoms. The number of primary amides is 1. The van der Waals surface area contributed by atoms with Gasteiger partial charge in [-0.3, -0.25) is 9.89 Å². The lowest BCUT2D eigenvalue weighted by Gasteiger charge is -2.09. The number of benzene rings is 3. The number of nitrogens with zero attached hydrogens (tertiary/aromatic N) is 3. The van der Waals surface area contributed by atoms with Crippen LogP contribution in [0, 0.1) is 12.7 Å². The normalized spacial score (nSPS) is 11.1. The number of H-pyrrole nitrogens is 1. The molecule has 156 valence electrons. The van der Waals surface area contributed by atoms with E-state index in [1.165, 1.54) is 12.1 Å². The lowest BCUT2D eigenvalue weighted by atomic mass is 9.99. The van der Waals surface area contributed by atoms with E-state index in [1.54, 1.807) is 24.3 Å². The number of carbonyl (C=O) groups is 1. The maximum absolute atomic E-state index is 13.3. The van der Waals surface area contributed by atoms with Crippen molar-refractivity contribution in [2.24, 2.45) is 5.73 Å². The monoisotopic (exact) mass is 423 g/mol. The molecule has 0 radical (unpaired) electrons. The predicted octanol–water partition coefficient (Wildman–Crippen LogP) is 4.90. The van der Waals surface area contributed by atoms with Gasteiger partial charge >= 0.3 is 0 Å². The quantitative estimate of drug-likeness (QED) is 0.430. The first kappa shape index (κ1) is 19.6. The molecule has 0 saturated carbocycles. The van der Waals surface area contributed by atoms with Crippen molar-refractivity contribution < 1.29 is 9.18 Å². The molecule has 2 heterocycles. The van der Waals surface area contributed by atoms with Crippen LogP contribution in [0.1, 0.15) is 15.9 Å². The Labute approximate surface area is 182 Å². The third-order valence-electron chi connectivity index (χ3n) is 5.49. The molecule has 0 unspecified atom stereocenters. The van der Waals surface area contributed by atoms with Crippen LogP contribution in [0.25, 0.3) is 44.7 Å². The van der Waals surface area contributed by atoms with E-state index >= 15 is 0 Å². The summed E-state index contributed by atoms with van der Waals surface area (Å²) in [5, 5.41) is 18.4. The van der Waals surface area contributed by atoms with Gasteiger partial charge in [-0.15, -0.1) is 10.2 Å². The summed E-state index contributed by atoms with van der Waals surface area (Å²) in [6.45, 7) is 1.95. The molecular formula is C25H18FN5O. The summed E-state index contributed by atoms with van der Waals surface area (Å²) in [5.41, 5.74) is 11.2. The summed E-state index contributed by atoms with van der Waals surface area (Å²) in [4.78, 5) is 11.4. The highest BCUT2D eigenvalue weighted by molar-refractivity contribution is 6.02. The third-order valence-corrected chi connectivity index (χ3v) is 5.49. The molecule has 0 aliphatic heterocycles. The Balaban J connectivity index is 1.64. The van der Waals surface area contributed by atoms with Crippen LogP contribution in [0.4, 0.5) is 4.39 Å². The maximum Gasteiger partial charge on any atom is 0.248 e. The molecular weight excluding hydrogens is 405 g/mol. The summed E-state index contributed by atoms with van der Waals surface area (Å²) in [6.07, 6.45) is 0. The van der Waals surface area contributed by atoms with Crippen LogP contribution in [-0.2, 0) is 0 Å². The zero-order valence-corrected chi connectivity index (χ0v) is 17.1.